The van der Waals surface area contributed by atoms with E-state index in [2.05, 4.69) is 17.2 Å². The van der Waals surface area contributed by atoms with Gasteiger partial charge >= 0.3 is 0 Å². The molecule has 0 aliphatic rings. The molecule has 1 aromatic heterocycles. The number of halogens is 2. The maximum atomic E-state index is 13.1. The molecule has 0 aliphatic carbocycles. The average molecular weight is 299 g/mol. The standard InChI is InChI=1S/C14H16ClFN2S/c1-3-11-7-18-14(19-11)8-17-9(2)10-4-5-13(16)12(15)6-10/h4-7,9,17H,3,8H2,1-2H3. The molecule has 19 heavy (non-hydrogen) atoms. The van der Waals surface area contributed by atoms with Gasteiger partial charge in [0.15, 0.2) is 0 Å². The molecule has 1 aromatic carbocycles. The zero-order valence-electron chi connectivity index (χ0n) is 10.9. The Labute approximate surface area is 121 Å². The van der Waals surface area contributed by atoms with Crippen LogP contribution in [0.1, 0.15) is 35.3 Å². The number of aryl methyl sites for hydroxylation is 1. The van der Waals surface area contributed by atoms with Crippen molar-refractivity contribution >= 4 is 22.9 Å². The molecule has 102 valence electrons. The number of rotatable bonds is 5. The topological polar surface area (TPSA) is 24.9 Å². The van der Waals surface area contributed by atoms with E-state index in [1.807, 2.05) is 13.1 Å². The molecule has 0 saturated heterocycles. The van der Waals surface area contributed by atoms with Crippen LogP contribution in [0.5, 0.6) is 0 Å². The van der Waals surface area contributed by atoms with Crippen molar-refractivity contribution in [2.75, 3.05) is 0 Å². The van der Waals surface area contributed by atoms with Crippen molar-refractivity contribution in [1.29, 1.82) is 0 Å². The zero-order chi connectivity index (χ0) is 13.8. The summed E-state index contributed by atoms with van der Waals surface area (Å²) in [4.78, 5) is 5.64. The lowest BCUT2D eigenvalue weighted by Gasteiger charge is -2.13. The second kappa shape index (κ2) is 6.46. The summed E-state index contributed by atoms with van der Waals surface area (Å²) >= 11 is 7.50. The average Bonchev–Trinajstić information content (AvgIpc) is 2.87. The highest BCUT2D eigenvalue weighted by atomic mass is 35.5. The highest BCUT2D eigenvalue weighted by Gasteiger charge is 2.09. The molecular formula is C14H16ClFN2S. The van der Waals surface area contributed by atoms with Crippen molar-refractivity contribution in [2.45, 2.75) is 32.9 Å². The number of hydrogen-bond acceptors (Lipinski definition) is 3. The van der Waals surface area contributed by atoms with Gasteiger partial charge in [0.05, 0.1) is 5.02 Å². The molecule has 1 atom stereocenters. The van der Waals surface area contributed by atoms with Gasteiger partial charge in [0.25, 0.3) is 0 Å². The Hall–Kier alpha value is -0.970. The Morgan fingerprint density at radius 1 is 1.47 bits per heavy atom. The molecule has 1 heterocycles. The number of aromatic nitrogens is 1. The fourth-order valence-electron chi connectivity index (χ4n) is 1.73. The lowest BCUT2D eigenvalue weighted by Crippen LogP contribution is -2.18. The first-order chi connectivity index (χ1) is 9.10. The first kappa shape index (κ1) is 14.4. The van der Waals surface area contributed by atoms with E-state index in [1.54, 1.807) is 23.5 Å². The van der Waals surface area contributed by atoms with Gasteiger partial charge in [0.1, 0.15) is 10.8 Å². The molecule has 0 saturated carbocycles. The quantitative estimate of drug-likeness (QED) is 0.888. The number of nitrogens with one attached hydrogen (secondary N) is 1. The summed E-state index contributed by atoms with van der Waals surface area (Å²) < 4.78 is 13.1. The minimum atomic E-state index is -0.384. The van der Waals surface area contributed by atoms with Crippen molar-refractivity contribution in [3.63, 3.8) is 0 Å². The first-order valence-electron chi connectivity index (χ1n) is 6.22. The molecule has 2 aromatic rings. The minimum Gasteiger partial charge on any atom is -0.304 e. The Kier molecular flexibility index (Phi) is 4.91. The summed E-state index contributed by atoms with van der Waals surface area (Å²) in [5.74, 6) is -0.384. The van der Waals surface area contributed by atoms with Crippen LogP contribution < -0.4 is 5.32 Å². The van der Waals surface area contributed by atoms with Crippen molar-refractivity contribution in [3.05, 3.63) is 50.7 Å². The highest BCUT2D eigenvalue weighted by molar-refractivity contribution is 7.11. The Morgan fingerprint density at radius 3 is 2.89 bits per heavy atom. The van der Waals surface area contributed by atoms with Gasteiger partial charge in [-0.05, 0) is 31.0 Å². The van der Waals surface area contributed by atoms with Gasteiger partial charge < -0.3 is 5.32 Å². The van der Waals surface area contributed by atoms with E-state index in [9.17, 15) is 4.39 Å². The van der Waals surface area contributed by atoms with Gasteiger partial charge in [-0.25, -0.2) is 9.37 Å². The van der Waals surface area contributed by atoms with Crippen LogP contribution in [0, 0.1) is 5.82 Å². The lowest BCUT2D eigenvalue weighted by atomic mass is 10.1. The Morgan fingerprint density at radius 2 is 2.26 bits per heavy atom. The first-order valence-corrected chi connectivity index (χ1v) is 7.41. The maximum Gasteiger partial charge on any atom is 0.141 e. The Balaban J connectivity index is 1.96. The second-order valence-electron chi connectivity index (χ2n) is 4.35. The summed E-state index contributed by atoms with van der Waals surface area (Å²) in [5, 5.41) is 4.59. The van der Waals surface area contributed by atoms with E-state index in [-0.39, 0.29) is 16.9 Å². The molecule has 5 heteroatoms. The number of hydrogen-bond donors (Lipinski definition) is 1. The van der Waals surface area contributed by atoms with E-state index in [0.29, 0.717) is 6.54 Å². The summed E-state index contributed by atoms with van der Waals surface area (Å²) in [7, 11) is 0. The fourth-order valence-corrected chi connectivity index (χ4v) is 2.74. The molecule has 0 spiro atoms. The van der Waals surface area contributed by atoms with Gasteiger partial charge in [-0.15, -0.1) is 11.3 Å². The third-order valence-corrected chi connectivity index (χ3v) is 4.38. The van der Waals surface area contributed by atoms with Crippen LogP contribution in [0.15, 0.2) is 24.4 Å². The van der Waals surface area contributed by atoms with Gasteiger partial charge in [0, 0.05) is 23.7 Å². The van der Waals surface area contributed by atoms with Crippen LogP contribution in [0.3, 0.4) is 0 Å². The molecule has 2 nitrogen and oxygen atoms in total. The van der Waals surface area contributed by atoms with Crippen molar-refractivity contribution in [2.24, 2.45) is 0 Å². The largest absolute Gasteiger partial charge is 0.304 e. The second-order valence-corrected chi connectivity index (χ2v) is 5.96. The smallest absolute Gasteiger partial charge is 0.141 e. The van der Waals surface area contributed by atoms with E-state index in [4.69, 9.17) is 11.6 Å². The predicted molar refractivity (Wildman–Crippen MR) is 78.2 cm³/mol. The van der Waals surface area contributed by atoms with E-state index >= 15 is 0 Å². The fraction of sp³-hybridized carbons (Fsp3) is 0.357. The number of nitrogens with zero attached hydrogens (tertiary/aromatic N) is 1. The van der Waals surface area contributed by atoms with Gasteiger partial charge in [-0.2, -0.15) is 0 Å². The third-order valence-electron chi connectivity index (χ3n) is 2.95. The summed E-state index contributed by atoms with van der Waals surface area (Å²) in [6, 6.07) is 4.91. The van der Waals surface area contributed by atoms with Crippen LogP contribution in [-0.2, 0) is 13.0 Å². The molecular weight excluding hydrogens is 283 g/mol. The van der Waals surface area contributed by atoms with Crippen LogP contribution in [0.2, 0.25) is 5.02 Å². The third kappa shape index (κ3) is 3.75. The maximum absolute atomic E-state index is 13.1. The summed E-state index contributed by atoms with van der Waals surface area (Å²) in [5.41, 5.74) is 0.971. The predicted octanol–water partition coefficient (Wildman–Crippen LogP) is 4.35. The van der Waals surface area contributed by atoms with Gasteiger partial charge in [-0.3, -0.25) is 0 Å². The zero-order valence-corrected chi connectivity index (χ0v) is 12.5. The van der Waals surface area contributed by atoms with Gasteiger partial charge in [-0.1, -0.05) is 24.6 Å². The summed E-state index contributed by atoms with van der Waals surface area (Å²) in [6.45, 7) is 4.85. The molecule has 0 bridgehead atoms. The normalized spacial score (nSPS) is 12.6. The minimum absolute atomic E-state index is 0.104. The van der Waals surface area contributed by atoms with Crippen LogP contribution in [0.25, 0.3) is 0 Å². The van der Waals surface area contributed by atoms with E-state index in [0.717, 1.165) is 17.0 Å². The van der Waals surface area contributed by atoms with Crippen molar-refractivity contribution in [3.8, 4) is 0 Å². The molecule has 1 N–H and O–H groups in total. The van der Waals surface area contributed by atoms with E-state index in [1.165, 1.54) is 10.9 Å². The molecule has 0 fully saturated rings. The number of benzene rings is 1. The highest BCUT2D eigenvalue weighted by Crippen LogP contribution is 2.21. The summed E-state index contributed by atoms with van der Waals surface area (Å²) in [6.07, 6.45) is 2.93. The molecule has 2 rings (SSSR count). The molecule has 0 aliphatic heterocycles. The molecule has 0 amide bonds. The molecule has 0 radical (unpaired) electrons. The van der Waals surface area contributed by atoms with Crippen LogP contribution in [0.4, 0.5) is 4.39 Å². The van der Waals surface area contributed by atoms with Crippen molar-refractivity contribution < 1.29 is 4.39 Å². The lowest BCUT2D eigenvalue weighted by molar-refractivity contribution is 0.570. The van der Waals surface area contributed by atoms with Crippen LogP contribution in [-0.4, -0.2) is 4.98 Å². The van der Waals surface area contributed by atoms with E-state index < -0.39 is 0 Å². The Bertz CT molecular complexity index is 556. The van der Waals surface area contributed by atoms with Gasteiger partial charge in [0.2, 0.25) is 0 Å². The molecule has 1 unspecified atom stereocenters. The van der Waals surface area contributed by atoms with Crippen LogP contribution >= 0.6 is 22.9 Å². The monoisotopic (exact) mass is 298 g/mol. The number of thiazole rings is 1. The van der Waals surface area contributed by atoms with Crippen molar-refractivity contribution in [1.82, 2.24) is 10.3 Å². The SMILES string of the molecule is CCc1cnc(CNC(C)c2ccc(F)c(Cl)c2)s1.